The van der Waals surface area contributed by atoms with E-state index in [2.05, 4.69) is 32.3 Å². The first kappa shape index (κ1) is 13.9. The topological polar surface area (TPSA) is 57.9 Å². The molecule has 1 aromatic heterocycles. The lowest BCUT2D eigenvalue weighted by atomic mass is 10.1. The van der Waals surface area contributed by atoms with Gasteiger partial charge in [0.15, 0.2) is 0 Å². The maximum Gasteiger partial charge on any atom is 0.148 e. The zero-order chi connectivity index (χ0) is 14.8. The molecule has 1 heterocycles. The predicted molar refractivity (Wildman–Crippen MR) is 85.0 cm³/mol. The molecule has 3 rings (SSSR count). The van der Waals surface area contributed by atoms with E-state index >= 15 is 0 Å². The number of pyridine rings is 1. The number of fused-ring (bicyclic) bond motifs is 1. The first-order valence-electron chi connectivity index (χ1n) is 6.74. The molecule has 0 bridgehead atoms. The van der Waals surface area contributed by atoms with Gasteiger partial charge in [0.05, 0.1) is 12.7 Å². The standard InChI is InChI=1S/C16H14BrN3O/c1-21-14-7-12(17)6-13(8-14)19-16-11(9-18)5-10-3-2-4-15(10)20-16/h5-8H,2-4H2,1H3,(H,19,20). The number of hydrogen-bond donors (Lipinski definition) is 1. The Hall–Kier alpha value is -2.06. The molecule has 0 radical (unpaired) electrons. The number of aryl methyl sites for hydroxylation is 2. The number of methoxy groups -OCH3 is 1. The minimum atomic E-state index is 0.578. The lowest BCUT2D eigenvalue weighted by Gasteiger charge is -2.11. The lowest BCUT2D eigenvalue weighted by Crippen LogP contribution is -2.01. The molecule has 1 aliphatic carbocycles. The van der Waals surface area contributed by atoms with Crippen LogP contribution in [0.1, 0.15) is 23.2 Å². The van der Waals surface area contributed by atoms with Gasteiger partial charge in [0, 0.05) is 21.9 Å². The molecule has 0 spiro atoms. The normalized spacial score (nSPS) is 12.6. The van der Waals surface area contributed by atoms with Crippen molar-refractivity contribution in [3.63, 3.8) is 0 Å². The van der Waals surface area contributed by atoms with Crippen molar-refractivity contribution < 1.29 is 4.74 Å². The third-order valence-electron chi connectivity index (χ3n) is 3.54. The Morgan fingerprint density at radius 3 is 2.90 bits per heavy atom. The zero-order valence-corrected chi connectivity index (χ0v) is 13.2. The van der Waals surface area contributed by atoms with Crippen molar-refractivity contribution in [1.29, 1.82) is 5.26 Å². The van der Waals surface area contributed by atoms with Crippen molar-refractivity contribution in [2.45, 2.75) is 19.3 Å². The Morgan fingerprint density at radius 1 is 1.29 bits per heavy atom. The van der Waals surface area contributed by atoms with Gasteiger partial charge in [-0.2, -0.15) is 5.26 Å². The molecule has 0 amide bonds. The third-order valence-corrected chi connectivity index (χ3v) is 4.00. The van der Waals surface area contributed by atoms with Crippen LogP contribution < -0.4 is 10.1 Å². The number of benzene rings is 1. The average Bonchev–Trinajstić information content (AvgIpc) is 2.92. The van der Waals surface area contributed by atoms with Gasteiger partial charge in [0.2, 0.25) is 0 Å². The fourth-order valence-corrected chi connectivity index (χ4v) is 3.01. The second-order valence-electron chi connectivity index (χ2n) is 4.96. The molecule has 0 fully saturated rings. The third kappa shape index (κ3) is 2.86. The van der Waals surface area contributed by atoms with Crippen molar-refractivity contribution in [3.8, 4) is 11.8 Å². The van der Waals surface area contributed by atoms with Crippen LogP contribution in [0.5, 0.6) is 5.75 Å². The number of halogens is 1. The van der Waals surface area contributed by atoms with E-state index in [0.29, 0.717) is 11.4 Å². The Kier molecular flexibility index (Phi) is 3.80. The summed E-state index contributed by atoms with van der Waals surface area (Å²) in [5, 5.41) is 12.5. The second-order valence-corrected chi connectivity index (χ2v) is 5.88. The highest BCUT2D eigenvalue weighted by atomic mass is 79.9. The van der Waals surface area contributed by atoms with Crippen molar-refractivity contribution in [3.05, 3.63) is 45.6 Å². The molecule has 5 heteroatoms. The van der Waals surface area contributed by atoms with Gasteiger partial charge >= 0.3 is 0 Å². The van der Waals surface area contributed by atoms with Crippen molar-refractivity contribution in [2.75, 3.05) is 12.4 Å². The minimum Gasteiger partial charge on any atom is -0.497 e. The molecule has 1 N–H and O–H groups in total. The first-order chi connectivity index (χ1) is 10.2. The molecule has 4 nitrogen and oxygen atoms in total. The van der Waals surface area contributed by atoms with E-state index in [0.717, 1.165) is 40.9 Å². The molecule has 0 saturated heterocycles. The second kappa shape index (κ2) is 5.74. The summed E-state index contributed by atoms with van der Waals surface area (Å²) in [5.41, 5.74) is 3.71. The molecule has 0 aliphatic heterocycles. The van der Waals surface area contributed by atoms with E-state index in [1.54, 1.807) is 7.11 Å². The van der Waals surface area contributed by atoms with E-state index in [1.807, 2.05) is 24.3 Å². The largest absolute Gasteiger partial charge is 0.497 e. The van der Waals surface area contributed by atoms with Crippen molar-refractivity contribution in [2.24, 2.45) is 0 Å². The molecule has 1 aromatic carbocycles. The van der Waals surface area contributed by atoms with E-state index in [-0.39, 0.29) is 0 Å². The number of rotatable bonds is 3. The van der Waals surface area contributed by atoms with Crippen LogP contribution in [0.15, 0.2) is 28.7 Å². The Bertz CT molecular complexity index is 737. The maximum absolute atomic E-state index is 9.32. The zero-order valence-electron chi connectivity index (χ0n) is 11.6. The molecule has 0 unspecified atom stereocenters. The number of anilines is 2. The minimum absolute atomic E-state index is 0.578. The Labute approximate surface area is 131 Å². The monoisotopic (exact) mass is 343 g/mol. The number of aromatic nitrogens is 1. The van der Waals surface area contributed by atoms with Crippen LogP contribution in [0.4, 0.5) is 11.5 Å². The first-order valence-corrected chi connectivity index (χ1v) is 7.53. The smallest absolute Gasteiger partial charge is 0.148 e. The number of hydrogen-bond acceptors (Lipinski definition) is 4. The predicted octanol–water partition coefficient (Wildman–Crippen LogP) is 3.96. The van der Waals surface area contributed by atoms with Crippen LogP contribution in [0.3, 0.4) is 0 Å². The van der Waals surface area contributed by atoms with Crippen LogP contribution >= 0.6 is 15.9 Å². The number of nitrogens with one attached hydrogen (secondary N) is 1. The highest BCUT2D eigenvalue weighted by Crippen LogP contribution is 2.30. The van der Waals surface area contributed by atoms with Crippen LogP contribution in [-0.4, -0.2) is 12.1 Å². The highest BCUT2D eigenvalue weighted by Gasteiger charge is 2.16. The van der Waals surface area contributed by atoms with Crippen molar-refractivity contribution >= 4 is 27.4 Å². The molecule has 0 atom stereocenters. The molecule has 106 valence electrons. The summed E-state index contributed by atoms with van der Waals surface area (Å²) < 4.78 is 6.16. The quantitative estimate of drug-likeness (QED) is 0.916. The van der Waals surface area contributed by atoms with Crippen molar-refractivity contribution in [1.82, 2.24) is 4.98 Å². The summed E-state index contributed by atoms with van der Waals surface area (Å²) in [4.78, 5) is 4.61. The summed E-state index contributed by atoms with van der Waals surface area (Å²) >= 11 is 3.45. The molecule has 21 heavy (non-hydrogen) atoms. The maximum atomic E-state index is 9.32. The van der Waals surface area contributed by atoms with E-state index < -0.39 is 0 Å². The Morgan fingerprint density at radius 2 is 2.14 bits per heavy atom. The van der Waals surface area contributed by atoms with Crippen LogP contribution in [0, 0.1) is 11.3 Å². The van der Waals surface area contributed by atoms with Crippen LogP contribution in [0.25, 0.3) is 0 Å². The van der Waals surface area contributed by atoms with Gasteiger partial charge in [-0.1, -0.05) is 15.9 Å². The van der Waals surface area contributed by atoms with E-state index in [4.69, 9.17) is 4.74 Å². The van der Waals surface area contributed by atoms with Crippen LogP contribution in [-0.2, 0) is 12.8 Å². The fourth-order valence-electron chi connectivity index (χ4n) is 2.54. The van der Waals surface area contributed by atoms with Gasteiger partial charge in [-0.05, 0) is 43.0 Å². The number of ether oxygens (including phenoxy) is 1. The number of nitriles is 1. The molecule has 1 aliphatic rings. The fraction of sp³-hybridized carbons (Fsp3) is 0.250. The van der Waals surface area contributed by atoms with Crippen LogP contribution in [0.2, 0.25) is 0 Å². The lowest BCUT2D eigenvalue weighted by molar-refractivity contribution is 0.415. The van der Waals surface area contributed by atoms with E-state index in [9.17, 15) is 5.26 Å². The summed E-state index contributed by atoms with van der Waals surface area (Å²) in [7, 11) is 1.62. The average molecular weight is 344 g/mol. The molecule has 2 aromatic rings. The molecular weight excluding hydrogens is 330 g/mol. The van der Waals surface area contributed by atoms with E-state index in [1.165, 1.54) is 5.56 Å². The summed E-state index contributed by atoms with van der Waals surface area (Å²) in [6.45, 7) is 0. The Balaban J connectivity index is 1.98. The SMILES string of the molecule is COc1cc(Br)cc(Nc2nc3c(cc2C#N)CCC3)c1. The van der Waals surface area contributed by atoms with Gasteiger partial charge in [0.1, 0.15) is 17.6 Å². The van der Waals surface area contributed by atoms with Gasteiger partial charge in [-0.25, -0.2) is 4.98 Å². The van der Waals surface area contributed by atoms with Gasteiger partial charge < -0.3 is 10.1 Å². The number of nitrogens with zero attached hydrogens (tertiary/aromatic N) is 2. The van der Waals surface area contributed by atoms with Gasteiger partial charge in [-0.15, -0.1) is 0 Å². The summed E-state index contributed by atoms with van der Waals surface area (Å²) in [6.07, 6.45) is 3.11. The summed E-state index contributed by atoms with van der Waals surface area (Å²) in [5.74, 6) is 1.35. The van der Waals surface area contributed by atoms with Gasteiger partial charge in [0.25, 0.3) is 0 Å². The summed E-state index contributed by atoms with van der Waals surface area (Å²) in [6, 6.07) is 9.86. The molecular formula is C16H14BrN3O. The van der Waals surface area contributed by atoms with Gasteiger partial charge in [-0.3, -0.25) is 0 Å². The molecule has 0 saturated carbocycles. The highest BCUT2D eigenvalue weighted by molar-refractivity contribution is 9.10.